The summed E-state index contributed by atoms with van der Waals surface area (Å²) in [5.41, 5.74) is 0.923. The van der Waals surface area contributed by atoms with Crippen LogP contribution >= 0.6 is 0 Å². The van der Waals surface area contributed by atoms with Gasteiger partial charge in [0.1, 0.15) is 11.5 Å². The summed E-state index contributed by atoms with van der Waals surface area (Å²) in [5.74, 6) is 0.235. The van der Waals surface area contributed by atoms with Crippen molar-refractivity contribution in [2.45, 2.75) is 32.2 Å². The molecule has 0 aliphatic rings. The average Bonchev–Trinajstić information content (AvgIpc) is 2.43. The maximum Gasteiger partial charge on any atom is 0.305 e. The molecule has 0 radical (unpaired) electrons. The van der Waals surface area contributed by atoms with E-state index in [1.807, 2.05) is 12.1 Å². The first-order valence-electron chi connectivity index (χ1n) is 6.67. The lowest BCUT2D eigenvalue weighted by Crippen LogP contribution is -2.34. The van der Waals surface area contributed by atoms with Crippen LogP contribution in [0.2, 0.25) is 0 Å². The summed E-state index contributed by atoms with van der Waals surface area (Å²) in [7, 11) is 3.14. The Morgan fingerprint density at radius 3 is 2.24 bits per heavy atom. The van der Waals surface area contributed by atoms with Gasteiger partial charge in [-0.2, -0.15) is 0 Å². The minimum Gasteiger partial charge on any atom is -0.497 e. The minimum atomic E-state index is -0.930. The first-order chi connectivity index (χ1) is 9.94. The smallest absolute Gasteiger partial charge is 0.305 e. The maximum absolute atomic E-state index is 11.8. The predicted molar refractivity (Wildman–Crippen MR) is 77.7 cm³/mol. The summed E-state index contributed by atoms with van der Waals surface area (Å²) in [4.78, 5) is 22.3. The van der Waals surface area contributed by atoms with Gasteiger partial charge in [0.25, 0.3) is 0 Å². The standard InChI is InChI=1S/C15H21NO5/c1-10(6-15(18)19)16-14(17)5-4-11-7-12(20-2)9-13(8-11)21-3/h7-10H,4-6H2,1-3H3,(H,16,17)(H,18,19). The number of amides is 1. The number of ether oxygens (including phenoxy) is 2. The zero-order valence-electron chi connectivity index (χ0n) is 12.5. The van der Waals surface area contributed by atoms with Crippen LogP contribution in [0.3, 0.4) is 0 Å². The number of carboxylic acids is 1. The number of nitrogens with one attached hydrogen (secondary N) is 1. The molecule has 1 amide bonds. The number of benzene rings is 1. The van der Waals surface area contributed by atoms with Crippen LogP contribution < -0.4 is 14.8 Å². The predicted octanol–water partition coefficient (Wildman–Crippen LogP) is 1.62. The third kappa shape index (κ3) is 6.16. The Morgan fingerprint density at radius 1 is 1.19 bits per heavy atom. The number of rotatable bonds is 8. The van der Waals surface area contributed by atoms with Gasteiger partial charge in [0, 0.05) is 18.5 Å². The fourth-order valence-corrected chi connectivity index (χ4v) is 1.93. The molecule has 0 saturated heterocycles. The molecule has 0 heterocycles. The van der Waals surface area contributed by atoms with Gasteiger partial charge in [-0.25, -0.2) is 0 Å². The zero-order valence-corrected chi connectivity index (χ0v) is 12.5. The molecule has 6 heteroatoms. The van der Waals surface area contributed by atoms with E-state index in [2.05, 4.69) is 5.32 Å². The van der Waals surface area contributed by atoms with Crippen molar-refractivity contribution in [2.24, 2.45) is 0 Å². The topological polar surface area (TPSA) is 84.9 Å². The maximum atomic E-state index is 11.8. The first-order valence-corrected chi connectivity index (χ1v) is 6.67. The Balaban J connectivity index is 2.54. The Labute approximate surface area is 124 Å². The quantitative estimate of drug-likeness (QED) is 0.761. The molecule has 0 saturated carbocycles. The molecule has 2 N–H and O–H groups in total. The molecule has 1 aromatic rings. The van der Waals surface area contributed by atoms with E-state index in [1.54, 1.807) is 27.2 Å². The van der Waals surface area contributed by atoms with Gasteiger partial charge in [-0.05, 0) is 31.0 Å². The lowest BCUT2D eigenvalue weighted by atomic mass is 10.1. The Hall–Kier alpha value is -2.24. The van der Waals surface area contributed by atoms with Gasteiger partial charge in [0.2, 0.25) is 5.91 Å². The molecule has 1 rings (SSSR count). The molecule has 0 fully saturated rings. The molecule has 0 aliphatic heterocycles. The van der Waals surface area contributed by atoms with Crippen molar-refractivity contribution in [3.8, 4) is 11.5 Å². The first kappa shape index (κ1) is 16.8. The van der Waals surface area contributed by atoms with Crippen molar-refractivity contribution < 1.29 is 24.2 Å². The van der Waals surface area contributed by atoms with E-state index < -0.39 is 5.97 Å². The highest BCUT2D eigenvalue weighted by Crippen LogP contribution is 2.23. The largest absolute Gasteiger partial charge is 0.497 e. The summed E-state index contributed by atoms with van der Waals surface area (Å²) in [5, 5.41) is 11.3. The highest BCUT2D eigenvalue weighted by molar-refractivity contribution is 5.77. The number of aryl methyl sites for hydroxylation is 1. The number of carbonyl (C=O) groups excluding carboxylic acids is 1. The molecule has 0 spiro atoms. The number of methoxy groups -OCH3 is 2. The van der Waals surface area contributed by atoms with Crippen LogP contribution in [0.1, 0.15) is 25.3 Å². The Bertz CT molecular complexity index is 479. The van der Waals surface area contributed by atoms with E-state index in [0.29, 0.717) is 17.9 Å². The van der Waals surface area contributed by atoms with Gasteiger partial charge in [-0.15, -0.1) is 0 Å². The van der Waals surface area contributed by atoms with E-state index in [1.165, 1.54) is 0 Å². The van der Waals surface area contributed by atoms with Crippen molar-refractivity contribution >= 4 is 11.9 Å². The fraction of sp³-hybridized carbons (Fsp3) is 0.467. The number of carbonyl (C=O) groups is 2. The van der Waals surface area contributed by atoms with E-state index in [4.69, 9.17) is 14.6 Å². The third-order valence-electron chi connectivity index (χ3n) is 2.94. The van der Waals surface area contributed by atoms with E-state index in [0.717, 1.165) is 5.56 Å². The number of hydrogen-bond donors (Lipinski definition) is 2. The van der Waals surface area contributed by atoms with E-state index in [9.17, 15) is 9.59 Å². The molecule has 0 aromatic heterocycles. The van der Waals surface area contributed by atoms with Gasteiger partial charge < -0.3 is 19.9 Å². The van der Waals surface area contributed by atoms with Crippen molar-refractivity contribution in [3.63, 3.8) is 0 Å². The number of hydrogen-bond acceptors (Lipinski definition) is 4. The minimum absolute atomic E-state index is 0.0846. The number of aliphatic carboxylic acids is 1. The summed E-state index contributed by atoms with van der Waals surface area (Å²) < 4.78 is 10.3. The van der Waals surface area contributed by atoms with E-state index >= 15 is 0 Å². The normalized spacial score (nSPS) is 11.6. The van der Waals surface area contributed by atoms with Crippen molar-refractivity contribution in [2.75, 3.05) is 14.2 Å². The second kappa shape index (κ2) is 8.14. The molecule has 1 atom stereocenters. The fourth-order valence-electron chi connectivity index (χ4n) is 1.93. The highest BCUT2D eigenvalue weighted by Gasteiger charge is 2.11. The number of carboxylic acid groups (broad SMARTS) is 1. The molecule has 116 valence electrons. The lowest BCUT2D eigenvalue weighted by Gasteiger charge is -2.12. The van der Waals surface area contributed by atoms with Crippen LogP contribution in [0.25, 0.3) is 0 Å². The van der Waals surface area contributed by atoms with Crippen LogP contribution in [-0.4, -0.2) is 37.2 Å². The monoisotopic (exact) mass is 295 g/mol. The Morgan fingerprint density at radius 2 is 1.76 bits per heavy atom. The molecule has 21 heavy (non-hydrogen) atoms. The lowest BCUT2D eigenvalue weighted by molar-refractivity contribution is -0.137. The zero-order chi connectivity index (χ0) is 15.8. The molecular formula is C15H21NO5. The summed E-state index contributed by atoms with van der Waals surface area (Å²) >= 11 is 0. The molecule has 0 aliphatic carbocycles. The Kier molecular flexibility index (Phi) is 6.52. The van der Waals surface area contributed by atoms with Gasteiger partial charge in [0.05, 0.1) is 20.6 Å². The van der Waals surface area contributed by atoms with Crippen molar-refractivity contribution in [3.05, 3.63) is 23.8 Å². The van der Waals surface area contributed by atoms with Crippen molar-refractivity contribution in [1.82, 2.24) is 5.32 Å². The van der Waals surface area contributed by atoms with Gasteiger partial charge in [0.15, 0.2) is 0 Å². The molecule has 0 bridgehead atoms. The summed E-state index contributed by atoms with van der Waals surface area (Å²) in [6, 6.07) is 5.07. The van der Waals surface area contributed by atoms with E-state index in [-0.39, 0.29) is 24.8 Å². The second-order valence-electron chi connectivity index (χ2n) is 4.79. The van der Waals surface area contributed by atoms with Crippen LogP contribution in [0, 0.1) is 0 Å². The van der Waals surface area contributed by atoms with Crippen LogP contribution in [0.15, 0.2) is 18.2 Å². The van der Waals surface area contributed by atoms with Crippen LogP contribution in [0.4, 0.5) is 0 Å². The van der Waals surface area contributed by atoms with Crippen molar-refractivity contribution in [1.29, 1.82) is 0 Å². The van der Waals surface area contributed by atoms with Gasteiger partial charge in [-0.3, -0.25) is 9.59 Å². The third-order valence-corrected chi connectivity index (χ3v) is 2.94. The molecule has 1 aromatic carbocycles. The van der Waals surface area contributed by atoms with Gasteiger partial charge in [-0.1, -0.05) is 0 Å². The van der Waals surface area contributed by atoms with Gasteiger partial charge >= 0.3 is 5.97 Å². The molecular weight excluding hydrogens is 274 g/mol. The summed E-state index contributed by atoms with van der Waals surface area (Å²) in [6.07, 6.45) is 0.720. The van der Waals surface area contributed by atoms with Crippen LogP contribution in [-0.2, 0) is 16.0 Å². The second-order valence-corrected chi connectivity index (χ2v) is 4.79. The average molecular weight is 295 g/mol. The summed E-state index contributed by atoms with van der Waals surface area (Å²) in [6.45, 7) is 1.67. The molecule has 6 nitrogen and oxygen atoms in total. The molecule has 1 unspecified atom stereocenters. The van der Waals surface area contributed by atoms with Crippen LogP contribution in [0.5, 0.6) is 11.5 Å². The SMILES string of the molecule is COc1cc(CCC(=O)NC(C)CC(=O)O)cc(OC)c1. The highest BCUT2D eigenvalue weighted by atomic mass is 16.5.